The maximum atomic E-state index is 9.83. The molecule has 2 aliphatic rings. The third-order valence-electron chi connectivity index (χ3n) is 4.39. The van der Waals surface area contributed by atoms with Gasteiger partial charge in [-0.1, -0.05) is 0 Å². The van der Waals surface area contributed by atoms with Gasteiger partial charge in [0.2, 0.25) is 0 Å². The Balaban J connectivity index is 1.54. The van der Waals surface area contributed by atoms with Crippen LogP contribution in [0.25, 0.3) is 0 Å². The molecule has 1 unspecified atom stereocenters. The lowest BCUT2D eigenvalue weighted by Crippen LogP contribution is -2.50. The second-order valence-electron chi connectivity index (χ2n) is 5.81. The number of hydrogen-bond acceptors (Lipinski definition) is 4. The Morgan fingerprint density at radius 2 is 2.05 bits per heavy atom. The fourth-order valence-electron chi connectivity index (χ4n) is 3.22. The molecule has 4 nitrogen and oxygen atoms in total. The molecule has 0 aromatic carbocycles. The first-order valence-corrected chi connectivity index (χ1v) is 7.19. The van der Waals surface area contributed by atoms with Crippen molar-refractivity contribution in [2.75, 3.05) is 19.7 Å². The molecule has 0 aliphatic carbocycles. The summed E-state index contributed by atoms with van der Waals surface area (Å²) in [6, 6.07) is 4.15. The van der Waals surface area contributed by atoms with Crippen LogP contribution in [0.2, 0.25) is 0 Å². The van der Waals surface area contributed by atoms with Crippen LogP contribution in [0.3, 0.4) is 0 Å². The average Bonchev–Trinajstić information content (AvgIpc) is 2.43. The molecule has 0 bridgehead atoms. The van der Waals surface area contributed by atoms with E-state index in [1.54, 1.807) is 0 Å². The van der Waals surface area contributed by atoms with Gasteiger partial charge in [-0.05, 0) is 37.0 Å². The van der Waals surface area contributed by atoms with Gasteiger partial charge < -0.3 is 9.84 Å². The Labute approximate surface area is 114 Å². The molecule has 3 rings (SSSR count). The number of piperidine rings is 1. The molecule has 0 amide bonds. The average molecular weight is 262 g/mol. The van der Waals surface area contributed by atoms with Gasteiger partial charge >= 0.3 is 0 Å². The Morgan fingerprint density at radius 3 is 2.74 bits per heavy atom. The molecule has 2 saturated heterocycles. The third kappa shape index (κ3) is 3.14. The minimum Gasteiger partial charge on any atom is -0.393 e. The summed E-state index contributed by atoms with van der Waals surface area (Å²) >= 11 is 0. The molecule has 1 N–H and O–H groups in total. The van der Waals surface area contributed by atoms with E-state index >= 15 is 0 Å². The van der Waals surface area contributed by atoms with Gasteiger partial charge in [-0.25, -0.2) is 0 Å². The smallest absolute Gasteiger partial charge is 0.0731 e. The van der Waals surface area contributed by atoms with Gasteiger partial charge in [0.15, 0.2) is 0 Å². The monoisotopic (exact) mass is 262 g/mol. The molecular weight excluding hydrogens is 240 g/mol. The first-order valence-electron chi connectivity index (χ1n) is 7.19. The van der Waals surface area contributed by atoms with E-state index < -0.39 is 0 Å². The molecule has 0 radical (unpaired) electrons. The number of nitrogens with zero attached hydrogens (tertiary/aromatic N) is 2. The van der Waals surface area contributed by atoms with Crippen molar-refractivity contribution < 1.29 is 9.84 Å². The van der Waals surface area contributed by atoms with E-state index in [1.165, 1.54) is 5.56 Å². The van der Waals surface area contributed by atoms with Crippen molar-refractivity contribution in [1.29, 1.82) is 0 Å². The van der Waals surface area contributed by atoms with Gasteiger partial charge in [-0.3, -0.25) is 9.88 Å². The fraction of sp³-hybridized carbons (Fsp3) is 0.667. The number of ether oxygens (including phenoxy) is 1. The summed E-state index contributed by atoms with van der Waals surface area (Å²) in [4.78, 5) is 6.51. The van der Waals surface area contributed by atoms with E-state index in [1.807, 2.05) is 12.4 Å². The molecule has 19 heavy (non-hydrogen) atoms. The molecule has 1 atom stereocenters. The highest BCUT2D eigenvalue weighted by Crippen LogP contribution is 2.35. The van der Waals surface area contributed by atoms with Crippen LogP contribution >= 0.6 is 0 Å². The van der Waals surface area contributed by atoms with E-state index in [0.717, 1.165) is 45.3 Å². The minimum absolute atomic E-state index is 0.0492. The maximum Gasteiger partial charge on any atom is 0.0731 e. The molecule has 1 aromatic rings. The molecule has 0 saturated carbocycles. The second kappa shape index (κ2) is 5.57. The number of aliphatic hydroxyl groups is 1. The predicted octanol–water partition coefficient (Wildman–Crippen LogP) is 1.59. The Kier molecular flexibility index (Phi) is 3.82. The number of pyridine rings is 1. The van der Waals surface area contributed by atoms with Crippen LogP contribution in [0.15, 0.2) is 24.5 Å². The molecule has 4 heteroatoms. The van der Waals surface area contributed by atoms with Crippen LogP contribution in [0, 0.1) is 0 Å². The molecule has 3 heterocycles. The quantitative estimate of drug-likeness (QED) is 0.879. The SMILES string of the molecule is OC1CCOC2(CCN(Cc3ccncc3)CC2)C1. The zero-order valence-electron chi connectivity index (χ0n) is 11.3. The lowest BCUT2D eigenvalue weighted by atomic mass is 9.83. The molecule has 1 spiro atoms. The topological polar surface area (TPSA) is 45.6 Å². The second-order valence-corrected chi connectivity index (χ2v) is 5.81. The number of hydrogen-bond donors (Lipinski definition) is 1. The van der Waals surface area contributed by atoms with E-state index in [-0.39, 0.29) is 11.7 Å². The number of likely N-dealkylation sites (tertiary alicyclic amines) is 1. The van der Waals surface area contributed by atoms with E-state index in [4.69, 9.17) is 4.74 Å². The standard InChI is InChI=1S/C15H22N2O2/c18-14-3-10-19-15(11-14)4-8-17(9-5-15)12-13-1-6-16-7-2-13/h1-2,6-7,14,18H,3-5,8-12H2. The highest BCUT2D eigenvalue weighted by atomic mass is 16.5. The molecule has 2 aliphatic heterocycles. The van der Waals surface area contributed by atoms with Gasteiger partial charge in [0.25, 0.3) is 0 Å². The first-order chi connectivity index (χ1) is 9.26. The van der Waals surface area contributed by atoms with Crippen molar-refractivity contribution in [2.45, 2.75) is 43.9 Å². The van der Waals surface area contributed by atoms with Crippen LogP contribution in [-0.4, -0.2) is 46.4 Å². The van der Waals surface area contributed by atoms with E-state index in [9.17, 15) is 5.11 Å². The van der Waals surface area contributed by atoms with Crippen molar-refractivity contribution >= 4 is 0 Å². The third-order valence-corrected chi connectivity index (χ3v) is 4.39. The van der Waals surface area contributed by atoms with Crippen LogP contribution in [0.4, 0.5) is 0 Å². The number of aliphatic hydroxyl groups excluding tert-OH is 1. The highest BCUT2D eigenvalue weighted by molar-refractivity contribution is 5.09. The summed E-state index contributed by atoms with van der Waals surface area (Å²) in [5.74, 6) is 0. The van der Waals surface area contributed by atoms with Crippen molar-refractivity contribution in [3.8, 4) is 0 Å². The van der Waals surface area contributed by atoms with Crippen molar-refractivity contribution in [3.63, 3.8) is 0 Å². The van der Waals surface area contributed by atoms with Gasteiger partial charge in [-0.2, -0.15) is 0 Å². The van der Waals surface area contributed by atoms with Crippen molar-refractivity contribution in [1.82, 2.24) is 9.88 Å². The lowest BCUT2D eigenvalue weighted by Gasteiger charge is -2.45. The molecule has 1 aromatic heterocycles. The van der Waals surface area contributed by atoms with Gasteiger partial charge in [-0.15, -0.1) is 0 Å². The summed E-state index contributed by atoms with van der Waals surface area (Å²) in [5.41, 5.74) is 1.27. The molecule has 2 fully saturated rings. The number of rotatable bonds is 2. The largest absolute Gasteiger partial charge is 0.393 e. The van der Waals surface area contributed by atoms with Gasteiger partial charge in [0, 0.05) is 45.1 Å². The molecular formula is C15H22N2O2. The zero-order chi connectivity index (χ0) is 13.1. The summed E-state index contributed by atoms with van der Waals surface area (Å²) in [6.45, 7) is 3.80. The first kappa shape index (κ1) is 13.0. The summed E-state index contributed by atoms with van der Waals surface area (Å²) in [7, 11) is 0. The highest BCUT2D eigenvalue weighted by Gasteiger charge is 2.39. The van der Waals surface area contributed by atoms with E-state index in [2.05, 4.69) is 22.0 Å². The van der Waals surface area contributed by atoms with Crippen LogP contribution in [0.5, 0.6) is 0 Å². The van der Waals surface area contributed by atoms with Gasteiger partial charge in [0.05, 0.1) is 11.7 Å². The van der Waals surface area contributed by atoms with Crippen LogP contribution < -0.4 is 0 Å². The Hall–Kier alpha value is -0.970. The zero-order valence-corrected chi connectivity index (χ0v) is 11.3. The van der Waals surface area contributed by atoms with Gasteiger partial charge in [0.1, 0.15) is 0 Å². The van der Waals surface area contributed by atoms with E-state index in [0.29, 0.717) is 6.61 Å². The number of aromatic nitrogens is 1. The fourth-order valence-corrected chi connectivity index (χ4v) is 3.22. The summed E-state index contributed by atoms with van der Waals surface area (Å²) in [5, 5.41) is 9.83. The maximum absolute atomic E-state index is 9.83. The molecule has 104 valence electrons. The van der Waals surface area contributed by atoms with Crippen molar-refractivity contribution in [2.24, 2.45) is 0 Å². The lowest BCUT2D eigenvalue weighted by molar-refractivity contribution is -0.143. The minimum atomic E-state index is -0.166. The Bertz CT molecular complexity index is 402. The normalized spacial score (nSPS) is 27.5. The summed E-state index contributed by atoms with van der Waals surface area (Å²) in [6.07, 6.45) is 7.21. The van der Waals surface area contributed by atoms with Crippen molar-refractivity contribution in [3.05, 3.63) is 30.1 Å². The predicted molar refractivity (Wildman–Crippen MR) is 72.7 cm³/mol. The summed E-state index contributed by atoms with van der Waals surface area (Å²) < 4.78 is 5.98. The van der Waals surface area contributed by atoms with Crippen LogP contribution in [0.1, 0.15) is 31.2 Å². The Morgan fingerprint density at radius 1 is 1.32 bits per heavy atom. The van der Waals surface area contributed by atoms with Crippen LogP contribution in [-0.2, 0) is 11.3 Å².